The number of benzene rings is 3. The van der Waals surface area contributed by atoms with Crippen molar-refractivity contribution in [2.75, 3.05) is 31.1 Å². The molecular weight excluding hydrogens is 458 g/mol. The number of rotatable bonds is 2. The molecule has 3 heterocycles. The van der Waals surface area contributed by atoms with Crippen LogP contribution in [0.2, 0.25) is 5.02 Å². The van der Waals surface area contributed by atoms with Crippen molar-refractivity contribution >= 4 is 65.9 Å². The van der Waals surface area contributed by atoms with Crippen LogP contribution >= 0.6 is 22.9 Å². The van der Waals surface area contributed by atoms with Crippen molar-refractivity contribution in [2.45, 2.75) is 0 Å². The fourth-order valence-electron chi connectivity index (χ4n) is 4.33. The first-order chi connectivity index (χ1) is 16.1. The van der Waals surface area contributed by atoms with Gasteiger partial charge in [-0.1, -0.05) is 59.3 Å². The molecule has 33 heavy (non-hydrogen) atoms. The highest BCUT2D eigenvalue weighted by Crippen LogP contribution is 2.33. The van der Waals surface area contributed by atoms with Crippen molar-refractivity contribution < 1.29 is 9.21 Å². The molecule has 1 aliphatic heterocycles. The molecule has 0 unspecified atom stereocenters. The number of carbonyl (C=O) groups excluding carboxylic acids is 1. The van der Waals surface area contributed by atoms with E-state index in [1.54, 1.807) is 28.4 Å². The summed E-state index contributed by atoms with van der Waals surface area (Å²) in [7, 11) is 0. The molecule has 6 nitrogen and oxygen atoms in total. The largest absolute Gasteiger partial charge is 0.422 e. The number of fused-ring (bicyclic) bond motifs is 4. The number of anilines is 1. The maximum absolute atomic E-state index is 13.2. The van der Waals surface area contributed by atoms with Gasteiger partial charge in [0.15, 0.2) is 5.13 Å². The number of hydrogen-bond acceptors (Lipinski definition) is 6. The van der Waals surface area contributed by atoms with E-state index in [2.05, 4.69) is 9.88 Å². The zero-order chi connectivity index (χ0) is 22.5. The van der Waals surface area contributed by atoms with Crippen molar-refractivity contribution in [1.82, 2.24) is 9.88 Å². The summed E-state index contributed by atoms with van der Waals surface area (Å²) in [4.78, 5) is 34.4. The molecule has 1 saturated heterocycles. The topological polar surface area (TPSA) is 66.7 Å². The Morgan fingerprint density at radius 2 is 1.79 bits per heavy atom. The maximum Gasteiger partial charge on any atom is 0.349 e. The number of amides is 1. The SMILES string of the molecule is O=C(c1cc2c(ccc3ccccc32)oc1=O)N1CCN(c2nc3c(Cl)cccc3s2)CC1. The Balaban J connectivity index is 1.27. The minimum atomic E-state index is -0.606. The lowest BCUT2D eigenvalue weighted by Gasteiger charge is -2.34. The molecule has 3 aromatic carbocycles. The number of para-hydroxylation sites is 1. The molecule has 0 atom stereocenters. The molecule has 1 aliphatic rings. The van der Waals surface area contributed by atoms with Crippen LogP contribution < -0.4 is 10.5 Å². The molecule has 164 valence electrons. The zero-order valence-corrected chi connectivity index (χ0v) is 19.0. The van der Waals surface area contributed by atoms with Gasteiger partial charge in [0.2, 0.25) is 0 Å². The second kappa shape index (κ2) is 7.86. The zero-order valence-electron chi connectivity index (χ0n) is 17.5. The van der Waals surface area contributed by atoms with Crippen molar-refractivity contribution in [3.8, 4) is 0 Å². The fraction of sp³-hybridized carbons (Fsp3) is 0.160. The van der Waals surface area contributed by atoms with E-state index >= 15 is 0 Å². The normalized spacial score (nSPS) is 14.5. The van der Waals surface area contributed by atoms with Gasteiger partial charge >= 0.3 is 5.63 Å². The highest BCUT2D eigenvalue weighted by Gasteiger charge is 2.26. The number of carbonyl (C=O) groups is 1. The van der Waals surface area contributed by atoms with Gasteiger partial charge in [-0.15, -0.1) is 0 Å². The lowest BCUT2D eigenvalue weighted by Crippen LogP contribution is -2.49. The molecule has 1 fully saturated rings. The quantitative estimate of drug-likeness (QED) is 0.260. The van der Waals surface area contributed by atoms with Crippen LogP contribution in [-0.4, -0.2) is 42.0 Å². The third-order valence-corrected chi connectivity index (χ3v) is 7.45. The molecular formula is C25H18ClN3O3S. The second-order valence-electron chi connectivity index (χ2n) is 8.01. The van der Waals surface area contributed by atoms with E-state index < -0.39 is 5.63 Å². The smallest absolute Gasteiger partial charge is 0.349 e. The van der Waals surface area contributed by atoms with Gasteiger partial charge in [-0.2, -0.15) is 0 Å². The fourth-order valence-corrected chi connectivity index (χ4v) is 5.65. The number of thiazole rings is 1. The first kappa shape index (κ1) is 20.2. The van der Waals surface area contributed by atoms with Gasteiger partial charge in [-0.05, 0) is 35.0 Å². The Kier molecular flexibility index (Phi) is 4.81. The van der Waals surface area contributed by atoms with Gasteiger partial charge in [0.05, 0.1) is 9.72 Å². The van der Waals surface area contributed by atoms with Gasteiger partial charge < -0.3 is 14.2 Å². The molecule has 8 heteroatoms. The summed E-state index contributed by atoms with van der Waals surface area (Å²) in [6.45, 7) is 2.25. The third kappa shape index (κ3) is 3.44. The number of hydrogen-bond donors (Lipinski definition) is 0. The van der Waals surface area contributed by atoms with Crippen LogP contribution in [0.4, 0.5) is 5.13 Å². The van der Waals surface area contributed by atoms with Crippen molar-refractivity contribution in [2.24, 2.45) is 0 Å². The predicted octanol–water partition coefficient (Wildman–Crippen LogP) is 5.17. The maximum atomic E-state index is 13.2. The number of halogens is 1. The monoisotopic (exact) mass is 475 g/mol. The molecule has 2 aromatic heterocycles. The Labute approximate surface area is 197 Å². The van der Waals surface area contributed by atoms with E-state index in [0.29, 0.717) is 36.8 Å². The van der Waals surface area contributed by atoms with Crippen molar-refractivity contribution in [1.29, 1.82) is 0 Å². The molecule has 0 spiro atoms. The molecule has 5 aromatic rings. The molecule has 0 aliphatic carbocycles. The summed E-state index contributed by atoms with van der Waals surface area (Å²) in [5.74, 6) is -0.300. The van der Waals surface area contributed by atoms with E-state index in [1.807, 2.05) is 48.5 Å². The van der Waals surface area contributed by atoms with Crippen LogP contribution in [0, 0.1) is 0 Å². The third-order valence-electron chi connectivity index (χ3n) is 6.07. The van der Waals surface area contributed by atoms with Gasteiger partial charge in [0, 0.05) is 31.6 Å². The molecule has 0 radical (unpaired) electrons. The number of piperazine rings is 1. The van der Waals surface area contributed by atoms with Crippen LogP contribution in [0.25, 0.3) is 32.0 Å². The Hall–Kier alpha value is -3.42. The summed E-state index contributed by atoms with van der Waals surface area (Å²) in [5, 5.41) is 4.27. The summed E-state index contributed by atoms with van der Waals surface area (Å²) < 4.78 is 6.55. The number of aromatic nitrogens is 1. The van der Waals surface area contributed by atoms with E-state index in [-0.39, 0.29) is 11.5 Å². The molecule has 0 N–H and O–H groups in total. The van der Waals surface area contributed by atoms with E-state index in [4.69, 9.17) is 16.0 Å². The van der Waals surface area contributed by atoms with Crippen molar-refractivity contribution in [3.63, 3.8) is 0 Å². The number of nitrogens with zero attached hydrogens (tertiary/aromatic N) is 3. The lowest BCUT2D eigenvalue weighted by atomic mass is 10.0. The molecule has 0 bridgehead atoms. The van der Waals surface area contributed by atoms with Crippen LogP contribution in [-0.2, 0) is 0 Å². The Morgan fingerprint density at radius 1 is 0.970 bits per heavy atom. The van der Waals surface area contributed by atoms with Gasteiger partial charge in [0.1, 0.15) is 16.7 Å². The first-order valence-electron chi connectivity index (χ1n) is 10.6. The molecule has 6 rings (SSSR count). The average molecular weight is 476 g/mol. The van der Waals surface area contributed by atoms with Gasteiger partial charge in [0.25, 0.3) is 5.91 Å². The minimum Gasteiger partial charge on any atom is -0.422 e. The summed E-state index contributed by atoms with van der Waals surface area (Å²) in [6.07, 6.45) is 0. The van der Waals surface area contributed by atoms with Gasteiger partial charge in [-0.3, -0.25) is 4.79 Å². The Morgan fingerprint density at radius 3 is 2.61 bits per heavy atom. The summed E-state index contributed by atoms with van der Waals surface area (Å²) in [6, 6.07) is 19.0. The van der Waals surface area contributed by atoms with Crippen LogP contribution in [0.1, 0.15) is 10.4 Å². The highest BCUT2D eigenvalue weighted by atomic mass is 35.5. The lowest BCUT2D eigenvalue weighted by molar-refractivity contribution is 0.0742. The Bertz CT molecular complexity index is 1600. The van der Waals surface area contributed by atoms with E-state index in [1.165, 1.54) is 0 Å². The summed E-state index contributed by atoms with van der Waals surface area (Å²) >= 11 is 7.86. The first-order valence-corrected chi connectivity index (χ1v) is 11.8. The van der Waals surface area contributed by atoms with Crippen molar-refractivity contribution in [3.05, 3.63) is 81.7 Å². The van der Waals surface area contributed by atoms with Crippen LogP contribution in [0.3, 0.4) is 0 Å². The van der Waals surface area contributed by atoms with E-state index in [0.717, 1.165) is 31.5 Å². The minimum absolute atomic E-state index is 0.0686. The van der Waals surface area contributed by atoms with Crippen LogP contribution in [0.5, 0.6) is 0 Å². The van der Waals surface area contributed by atoms with E-state index in [9.17, 15) is 9.59 Å². The second-order valence-corrected chi connectivity index (χ2v) is 9.42. The van der Waals surface area contributed by atoms with Crippen LogP contribution in [0.15, 0.2) is 69.9 Å². The average Bonchev–Trinajstić information content (AvgIpc) is 3.29. The molecule has 1 amide bonds. The predicted molar refractivity (Wildman–Crippen MR) is 133 cm³/mol. The summed E-state index contributed by atoms with van der Waals surface area (Å²) in [5.41, 5.74) is 0.748. The standard InChI is InChI=1S/C25H18ClN3O3S/c26-19-6-3-7-21-22(19)27-25(33-21)29-12-10-28(11-13-29)23(30)18-14-17-16-5-2-1-4-15(16)8-9-20(17)32-24(18)31/h1-9,14H,10-13H2. The molecule has 0 saturated carbocycles. The highest BCUT2D eigenvalue weighted by molar-refractivity contribution is 7.22. The van der Waals surface area contributed by atoms with Gasteiger partial charge in [-0.25, -0.2) is 9.78 Å².